The second-order valence-corrected chi connectivity index (χ2v) is 7.64. The van der Waals surface area contributed by atoms with Crippen LogP contribution in [-0.4, -0.2) is 23.7 Å². The van der Waals surface area contributed by atoms with Crippen molar-refractivity contribution in [2.45, 2.75) is 118 Å². The molecule has 0 aromatic heterocycles. The van der Waals surface area contributed by atoms with E-state index in [1.807, 2.05) is 0 Å². The molecule has 0 heterocycles. The Bertz CT molecular complexity index is 309. The van der Waals surface area contributed by atoms with Crippen LogP contribution in [0.3, 0.4) is 0 Å². The number of esters is 1. The van der Waals surface area contributed by atoms with Gasteiger partial charge < -0.3 is 9.84 Å². The van der Waals surface area contributed by atoms with Gasteiger partial charge in [-0.2, -0.15) is 0 Å². The first kappa shape index (κ1) is 27.2. The van der Waals surface area contributed by atoms with E-state index in [1.165, 1.54) is 90.4 Å². The molecule has 156 valence electrons. The van der Waals surface area contributed by atoms with Crippen molar-refractivity contribution in [1.82, 2.24) is 0 Å². The summed E-state index contributed by atoms with van der Waals surface area (Å²) in [6, 6.07) is 0. The SMILES string of the molecule is CC(=O)O.CC(=O)OCCCCCCCCCCCCCCCC(C)C. The predicted molar refractivity (Wildman–Crippen MR) is 109 cm³/mol. The molecular weight excluding hydrogens is 328 g/mol. The largest absolute Gasteiger partial charge is 0.481 e. The van der Waals surface area contributed by atoms with Gasteiger partial charge in [-0.05, 0) is 12.3 Å². The molecule has 0 rings (SSSR count). The minimum absolute atomic E-state index is 0.153. The highest BCUT2D eigenvalue weighted by Gasteiger charge is 1.96. The van der Waals surface area contributed by atoms with Crippen LogP contribution in [0.15, 0.2) is 0 Å². The monoisotopic (exact) mass is 372 g/mol. The summed E-state index contributed by atoms with van der Waals surface area (Å²) in [5.74, 6) is -0.110. The van der Waals surface area contributed by atoms with Crippen molar-refractivity contribution in [3.05, 3.63) is 0 Å². The van der Waals surface area contributed by atoms with Crippen LogP contribution in [0.4, 0.5) is 0 Å². The van der Waals surface area contributed by atoms with Crippen molar-refractivity contribution >= 4 is 11.9 Å². The van der Waals surface area contributed by atoms with E-state index in [1.54, 1.807) is 0 Å². The zero-order chi connectivity index (χ0) is 20.0. The summed E-state index contributed by atoms with van der Waals surface area (Å²) in [6.07, 6.45) is 19.1. The maximum atomic E-state index is 10.6. The van der Waals surface area contributed by atoms with E-state index in [0.29, 0.717) is 6.61 Å². The molecule has 0 aliphatic heterocycles. The Kier molecular flexibility index (Phi) is 23.0. The zero-order valence-corrected chi connectivity index (χ0v) is 17.9. The molecule has 0 fully saturated rings. The summed E-state index contributed by atoms with van der Waals surface area (Å²) in [6.45, 7) is 7.80. The van der Waals surface area contributed by atoms with E-state index in [0.717, 1.165) is 19.3 Å². The average molecular weight is 373 g/mol. The minimum Gasteiger partial charge on any atom is -0.481 e. The van der Waals surface area contributed by atoms with Crippen molar-refractivity contribution in [3.63, 3.8) is 0 Å². The van der Waals surface area contributed by atoms with E-state index in [2.05, 4.69) is 13.8 Å². The van der Waals surface area contributed by atoms with Crippen LogP contribution in [0.25, 0.3) is 0 Å². The van der Waals surface area contributed by atoms with Gasteiger partial charge in [-0.3, -0.25) is 9.59 Å². The number of ether oxygens (including phenoxy) is 1. The predicted octanol–water partition coefficient (Wildman–Crippen LogP) is 6.76. The van der Waals surface area contributed by atoms with Gasteiger partial charge in [0.15, 0.2) is 0 Å². The van der Waals surface area contributed by atoms with E-state index < -0.39 is 5.97 Å². The fraction of sp³-hybridized carbons (Fsp3) is 0.909. The minimum atomic E-state index is -0.833. The van der Waals surface area contributed by atoms with E-state index in [-0.39, 0.29) is 5.97 Å². The first-order chi connectivity index (χ1) is 12.4. The molecule has 0 aliphatic carbocycles. The van der Waals surface area contributed by atoms with Crippen LogP contribution < -0.4 is 0 Å². The van der Waals surface area contributed by atoms with Crippen LogP contribution in [-0.2, 0) is 14.3 Å². The van der Waals surface area contributed by atoms with Crippen molar-refractivity contribution in [1.29, 1.82) is 0 Å². The molecule has 0 aliphatic rings. The Labute approximate surface area is 162 Å². The fourth-order valence-corrected chi connectivity index (χ4v) is 2.82. The third-order valence-electron chi connectivity index (χ3n) is 4.23. The average Bonchev–Trinajstić information content (AvgIpc) is 2.53. The van der Waals surface area contributed by atoms with E-state index in [9.17, 15) is 4.79 Å². The molecule has 0 amide bonds. The number of carbonyl (C=O) groups excluding carboxylic acids is 1. The van der Waals surface area contributed by atoms with Crippen molar-refractivity contribution in [2.24, 2.45) is 5.92 Å². The number of hydrogen-bond donors (Lipinski definition) is 1. The molecule has 1 N–H and O–H groups in total. The molecule has 0 aromatic rings. The summed E-state index contributed by atoms with van der Waals surface area (Å²) >= 11 is 0. The molecule has 0 spiro atoms. The lowest BCUT2D eigenvalue weighted by molar-refractivity contribution is -0.141. The third kappa shape index (κ3) is 34.3. The van der Waals surface area contributed by atoms with Gasteiger partial charge in [0.2, 0.25) is 0 Å². The van der Waals surface area contributed by atoms with Crippen LogP contribution >= 0.6 is 0 Å². The van der Waals surface area contributed by atoms with Gasteiger partial charge in [0.05, 0.1) is 6.61 Å². The number of carbonyl (C=O) groups is 2. The molecule has 0 saturated heterocycles. The molecule has 0 radical (unpaired) electrons. The Hall–Kier alpha value is -1.06. The summed E-state index contributed by atoms with van der Waals surface area (Å²) in [5, 5.41) is 7.42. The number of unbranched alkanes of at least 4 members (excludes halogenated alkanes) is 12. The molecule has 0 atom stereocenters. The number of rotatable bonds is 16. The zero-order valence-electron chi connectivity index (χ0n) is 17.9. The highest BCUT2D eigenvalue weighted by atomic mass is 16.5. The summed E-state index contributed by atoms with van der Waals surface area (Å²) in [4.78, 5) is 19.6. The second kappa shape index (κ2) is 22.0. The van der Waals surface area contributed by atoms with Crippen LogP contribution in [0.2, 0.25) is 0 Å². The second-order valence-electron chi connectivity index (χ2n) is 7.64. The molecule has 0 saturated carbocycles. The van der Waals surface area contributed by atoms with Gasteiger partial charge in [-0.15, -0.1) is 0 Å². The Morgan fingerprint density at radius 2 is 1.00 bits per heavy atom. The number of carboxylic acid groups (broad SMARTS) is 1. The highest BCUT2D eigenvalue weighted by Crippen LogP contribution is 2.14. The topological polar surface area (TPSA) is 63.6 Å². The fourth-order valence-electron chi connectivity index (χ4n) is 2.82. The Morgan fingerprint density at radius 3 is 1.31 bits per heavy atom. The van der Waals surface area contributed by atoms with Gasteiger partial charge in [0.1, 0.15) is 0 Å². The summed E-state index contributed by atoms with van der Waals surface area (Å²) in [7, 11) is 0. The highest BCUT2D eigenvalue weighted by molar-refractivity contribution is 5.65. The Balaban J connectivity index is 0. The summed E-state index contributed by atoms with van der Waals surface area (Å²) < 4.78 is 4.92. The Morgan fingerprint density at radius 1 is 0.692 bits per heavy atom. The molecular formula is C22H44O4. The number of aliphatic carboxylic acids is 1. The van der Waals surface area contributed by atoms with Crippen molar-refractivity contribution in [3.8, 4) is 0 Å². The van der Waals surface area contributed by atoms with Crippen LogP contribution in [0.5, 0.6) is 0 Å². The van der Waals surface area contributed by atoms with Gasteiger partial charge in [-0.25, -0.2) is 0 Å². The molecule has 4 heteroatoms. The van der Waals surface area contributed by atoms with Crippen LogP contribution in [0.1, 0.15) is 118 Å². The molecule has 26 heavy (non-hydrogen) atoms. The first-order valence-corrected chi connectivity index (χ1v) is 10.7. The normalized spacial score (nSPS) is 10.3. The smallest absolute Gasteiger partial charge is 0.302 e. The van der Waals surface area contributed by atoms with E-state index in [4.69, 9.17) is 14.6 Å². The number of carboxylic acids is 1. The molecule has 0 unspecified atom stereocenters. The van der Waals surface area contributed by atoms with Crippen LogP contribution in [0, 0.1) is 5.92 Å². The van der Waals surface area contributed by atoms with Gasteiger partial charge in [-0.1, -0.05) is 97.3 Å². The molecule has 0 aromatic carbocycles. The lowest BCUT2D eigenvalue weighted by Gasteiger charge is -2.05. The van der Waals surface area contributed by atoms with Gasteiger partial charge in [0.25, 0.3) is 5.97 Å². The quantitative estimate of drug-likeness (QED) is 0.240. The van der Waals surface area contributed by atoms with E-state index >= 15 is 0 Å². The van der Waals surface area contributed by atoms with Crippen molar-refractivity contribution < 1.29 is 19.4 Å². The summed E-state index contributed by atoms with van der Waals surface area (Å²) in [5.41, 5.74) is 0. The maximum absolute atomic E-state index is 10.6. The standard InChI is InChI=1S/C20H40O2.C2H4O2/c1-19(2)17-15-13-11-9-7-5-4-6-8-10-12-14-16-18-22-20(3)21;1-2(3)4/h19H,4-18H2,1-3H3;1H3,(H,3,4). The van der Waals surface area contributed by atoms with Gasteiger partial charge in [0, 0.05) is 13.8 Å². The lowest BCUT2D eigenvalue weighted by atomic mass is 10.0. The first-order valence-electron chi connectivity index (χ1n) is 10.7. The number of hydrogen-bond acceptors (Lipinski definition) is 3. The third-order valence-corrected chi connectivity index (χ3v) is 4.23. The molecule has 0 bridgehead atoms. The van der Waals surface area contributed by atoms with Crippen molar-refractivity contribution in [2.75, 3.05) is 6.61 Å². The molecule has 4 nitrogen and oxygen atoms in total. The maximum Gasteiger partial charge on any atom is 0.302 e. The van der Waals surface area contributed by atoms with Gasteiger partial charge >= 0.3 is 5.97 Å². The lowest BCUT2D eigenvalue weighted by Crippen LogP contribution is -2.00.